The molecule has 1 amide bonds. The van der Waals surface area contributed by atoms with Crippen LogP contribution in [0, 0.1) is 5.92 Å². The molecule has 8 heteroatoms. The van der Waals surface area contributed by atoms with Gasteiger partial charge in [0.15, 0.2) is 0 Å². The lowest BCUT2D eigenvalue weighted by atomic mass is 9.90. The Hall–Kier alpha value is -2.32. The van der Waals surface area contributed by atoms with E-state index in [2.05, 4.69) is 68.6 Å². The van der Waals surface area contributed by atoms with Crippen LogP contribution < -0.4 is 15.8 Å². The van der Waals surface area contributed by atoms with Crippen LogP contribution in [0.5, 0.6) is 5.75 Å². The standard InChI is InChI=1S/C25H28BrN3O3.ClH/c1-32-24-11-7-17-12-18(26)8-10-20(17)21(24)14-29-13-19(28-25(31)22(27)15-30)9-6-16-4-2-3-5-23(16)29;/h2-5,7-8,10-13,16,22-23,30H,6,9,14-15,27H2,1H3,(H,28,31);1H/t16?,22-,23-;/m0./s1. The first kappa shape index (κ1) is 25.3. The highest BCUT2D eigenvalue weighted by Gasteiger charge is 2.29. The van der Waals surface area contributed by atoms with E-state index in [-0.39, 0.29) is 31.0 Å². The van der Waals surface area contributed by atoms with Crippen molar-refractivity contribution in [2.24, 2.45) is 11.7 Å². The first-order valence-electron chi connectivity index (χ1n) is 10.7. The summed E-state index contributed by atoms with van der Waals surface area (Å²) in [7, 11) is 1.69. The maximum atomic E-state index is 12.3. The molecule has 2 aromatic carbocycles. The number of aliphatic hydroxyl groups excluding tert-OH is 1. The zero-order valence-electron chi connectivity index (χ0n) is 18.4. The summed E-state index contributed by atoms with van der Waals surface area (Å²) in [5.74, 6) is 0.784. The summed E-state index contributed by atoms with van der Waals surface area (Å²) in [5, 5.41) is 14.4. The summed E-state index contributed by atoms with van der Waals surface area (Å²) in [5.41, 5.74) is 7.61. The summed E-state index contributed by atoms with van der Waals surface area (Å²) < 4.78 is 6.75. The Morgan fingerprint density at radius 3 is 2.85 bits per heavy atom. The second kappa shape index (κ2) is 11.2. The second-order valence-corrected chi connectivity index (χ2v) is 9.10. The third-order valence-electron chi connectivity index (χ3n) is 6.10. The molecule has 1 aliphatic heterocycles. The number of methoxy groups -OCH3 is 1. The van der Waals surface area contributed by atoms with E-state index in [1.165, 1.54) is 0 Å². The molecule has 6 nitrogen and oxygen atoms in total. The third kappa shape index (κ3) is 5.61. The van der Waals surface area contributed by atoms with Gasteiger partial charge >= 0.3 is 0 Å². The predicted octanol–water partition coefficient (Wildman–Crippen LogP) is 4.02. The number of allylic oxidation sites excluding steroid dienone is 3. The summed E-state index contributed by atoms with van der Waals surface area (Å²) in [6.07, 6.45) is 12.2. The predicted molar refractivity (Wildman–Crippen MR) is 137 cm³/mol. The van der Waals surface area contributed by atoms with Crippen molar-refractivity contribution in [3.63, 3.8) is 0 Å². The molecular formula is C25H29BrClN3O3. The van der Waals surface area contributed by atoms with Crippen LogP contribution in [0.2, 0.25) is 0 Å². The number of carbonyl (C=O) groups excluding carboxylic acids is 1. The zero-order chi connectivity index (χ0) is 22.7. The van der Waals surface area contributed by atoms with Gasteiger partial charge in [0, 0.05) is 34.4 Å². The second-order valence-electron chi connectivity index (χ2n) is 8.18. The van der Waals surface area contributed by atoms with Gasteiger partial charge in [-0.2, -0.15) is 0 Å². The lowest BCUT2D eigenvalue weighted by Gasteiger charge is -2.34. The molecule has 0 saturated heterocycles. The van der Waals surface area contributed by atoms with Crippen molar-refractivity contribution in [3.8, 4) is 5.75 Å². The Morgan fingerprint density at radius 1 is 1.30 bits per heavy atom. The fourth-order valence-corrected chi connectivity index (χ4v) is 4.78. The SMILES string of the molecule is COc1ccc2cc(Br)ccc2c1CN1C=C(NC(=O)[C@@H](N)CO)CCC2C=CC=C[C@@H]21.Cl. The topological polar surface area (TPSA) is 87.8 Å². The maximum Gasteiger partial charge on any atom is 0.243 e. The summed E-state index contributed by atoms with van der Waals surface area (Å²) in [6.45, 7) is 0.231. The molecule has 1 aliphatic carbocycles. The van der Waals surface area contributed by atoms with Crippen molar-refractivity contribution in [1.29, 1.82) is 0 Å². The number of hydrogen-bond acceptors (Lipinski definition) is 5. The van der Waals surface area contributed by atoms with Crippen LogP contribution in [0.3, 0.4) is 0 Å². The molecule has 1 unspecified atom stereocenters. The summed E-state index contributed by atoms with van der Waals surface area (Å²) >= 11 is 3.56. The van der Waals surface area contributed by atoms with Crippen LogP contribution in [-0.2, 0) is 11.3 Å². The molecule has 0 saturated carbocycles. The van der Waals surface area contributed by atoms with E-state index in [1.807, 2.05) is 18.3 Å². The fourth-order valence-electron chi connectivity index (χ4n) is 4.40. The van der Waals surface area contributed by atoms with Crippen molar-refractivity contribution in [3.05, 3.63) is 76.6 Å². The van der Waals surface area contributed by atoms with Crippen LogP contribution in [0.15, 0.2) is 71.0 Å². The molecule has 0 bridgehead atoms. The molecule has 0 spiro atoms. The minimum atomic E-state index is -0.939. The van der Waals surface area contributed by atoms with E-state index in [1.54, 1.807) is 7.11 Å². The van der Waals surface area contributed by atoms with Gasteiger partial charge in [0.05, 0.1) is 19.8 Å². The quantitative estimate of drug-likeness (QED) is 0.521. The number of nitrogens with one attached hydrogen (secondary N) is 1. The minimum absolute atomic E-state index is 0. The average Bonchev–Trinajstić information content (AvgIpc) is 2.98. The van der Waals surface area contributed by atoms with E-state index >= 15 is 0 Å². The lowest BCUT2D eigenvalue weighted by molar-refractivity contribution is -0.122. The van der Waals surface area contributed by atoms with Crippen LogP contribution >= 0.6 is 28.3 Å². The lowest BCUT2D eigenvalue weighted by Crippen LogP contribution is -2.42. The molecule has 4 N–H and O–H groups in total. The number of nitrogens with zero attached hydrogens (tertiary/aromatic N) is 1. The molecule has 2 aromatic rings. The van der Waals surface area contributed by atoms with E-state index in [0.717, 1.165) is 45.1 Å². The highest BCUT2D eigenvalue weighted by atomic mass is 79.9. The fraction of sp³-hybridized carbons (Fsp3) is 0.320. The van der Waals surface area contributed by atoms with E-state index in [9.17, 15) is 9.90 Å². The third-order valence-corrected chi connectivity index (χ3v) is 6.59. The van der Waals surface area contributed by atoms with Gasteiger partial charge in [0.25, 0.3) is 0 Å². The number of amides is 1. The largest absolute Gasteiger partial charge is 0.496 e. The minimum Gasteiger partial charge on any atom is -0.496 e. The van der Waals surface area contributed by atoms with E-state index in [0.29, 0.717) is 12.5 Å². The summed E-state index contributed by atoms with van der Waals surface area (Å²) in [4.78, 5) is 14.6. The number of rotatable bonds is 6. The van der Waals surface area contributed by atoms with Gasteiger partial charge in [0.2, 0.25) is 5.91 Å². The highest BCUT2D eigenvalue weighted by Crippen LogP contribution is 2.35. The molecule has 3 atom stereocenters. The molecule has 2 aliphatic rings. The summed E-state index contributed by atoms with van der Waals surface area (Å²) in [6, 6.07) is 9.54. The molecule has 0 fully saturated rings. The molecule has 0 aromatic heterocycles. The average molecular weight is 535 g/mol. The Kier molecular flexibility index (Phi) is 8.59. The van der Waals surface area contributed by atoms with Crippen molar-refractivity contribution < 1.29 is 14.6 Å². The molecule has 176 valence electrons. The first-order valence-corrected chi connectivity index (χ1v) is 11.5. The molecule has 0 radical (unpaired) electrons. The van der Waals surface area contributed by atoms with Crippen LogP contribution in [-0.4, -0.2) is 41.7 Å². The van der Waals surface area contributed by atoms with Crippen molar-refractivity contribution in [1.82, 2.24) is 10.2 Å². The zero-order valence-corrected chi connectivity index (χ0v) is 20.8. The van der Waals surface area contributed by atoms with Gasteiger partial charge in [-0.1, -0.05) is 52.4 Å². The van der Waals surface area contributed by atoms with Gasteiger partial charge in [-0.05, 0) is 41.8 Å². The molecular weight excluding hydrogens is 506 g/mol. The monoisotopic (exact) mass is 533 g/mol. The molecule has 4 rings (SSSR count). The Labute approximate surface area is 208 Å². The number of nitrogens with two attached hydrogens (primary N) is 1. The Morgan fingerprint density at radius 2 is 2.09 bits per heavy atom. The van der Waals surface area contributed by atoms with Gasteiger partial charge in [-0.15, -0.1) is 12.4 Å². The van der Waals surface area contributed by atoms with Gasteiger partial charge in [-0.3, -0.25) is 4.79 Å². The first-order chi connectivity index (χ1) is 15.5. The van der Waals surface area contributed by atoms with Gasteiger partial charge < -0.3 is 25.8 Å². The van der Waals surface area contributed by atoms with Crippen LogP contribution in [0.1, 0.15) is 18.4 Å². The number of fused-ring (bicyclic) bond motifs is 2. The van der Waals surface area contributed by atoms with Crippen molar-refractivity contribution in [2.75, 3.05) is 13.7 Å². The van der Waals surface area contributed by atoms with E-state index in [4.69, 9.17) is 10.5 Å². The van der Waals surface area contributed by atoms with Crippen LogP contribution in [0.4, 0.5) is 0 Å². The number of hydrogen-bond donors (Lipinski definition) is 3. The van der Waals surface area contributed by atoms with Gasteiger partial charge in [-0.25, -0.2) is 0 Å². The normalized spacial score (nSPS) is 20.4. The molecule has 1 heterocycles. The highest BCUT2D eigenvalue weighted by molar-refractivity contribution is 9.10. The smallest absolute Gasteiger partial charge is 0.243 e. The molecule has 33 heavy (non-hydrogen) atoms. The maximum absolute atomic E-state index is 12.3. The number of ether oxygens (including phenoxy) is 1. The van der Waals surface area contributed by atoms with Crippen molar-refractivity contribution in [2.45, 2.75) is 31.5 Å². The van der Waals surface area contributed by atoms with Crippen LogP contribution in [0.25, 0.3) is 10.8 Å². The Bertz CT molecular complexity index is 1100. The number of halogens is 2. The van der Waals surface area contributed by atoms with E-state index < -0.39 is 6.04 Å². The number of aliphatic hydroxyl groups is 1. The number of benzene rings is 2. The number of carbonyl (C=O) groups is 1. The Balaban J connectivity index is 0.00000306. The van der Waals surface area contributed by atoms with Crippen molar-refractivity contribution >= 4 is 45.0 Å². The van der Waals surface area contributed by atoms with Gasteiger partial charge in [0.1, 0.15) is 11.8 Å².